The van der Waals surface area contributed by atoms with Crippen LogP contribution >= 0.6 is 0 Å². The quantitative estimate of drug-likeness (QED) is 0.747. The fourth-order valence-electron chi connectivity index (χ4n) is 4.06. The first-order valence-corrected chi connectivity index (χ1v) is 10.1. The number of para-hydroxylation sites is 2. The second-order valence-electron chi connectivity index (χ2n) is 8.82. The van der Waals surface area contributed by atoms with Crippen molar-refractivity contribution in [2.75, 3.05) is 23.7 Å². The van der Waals surface area contributed by atoms with Crippen molar-refractivity contribution in [3.05, 3.63) is 59.9 Å². The number of amidine groups is 1. The fraction of sp³-hybridized carbons (Fsp3) is 0.391. The van der Waals surface area contributed by atoms with Gasteiger partial charge in [-0.2, -0.15) is 0 Å². The summed E-state index contributed by atoms with van der Waals surface area (Å²) in [7, 11) is 0. The van der Waals surface area contributed by atoms with E-state index in [2.05, 4.69) is 31.4 Å². The van der Waals surface area contributed by atoms with Gasteiger partial charge in [-0.15, -0.1) is 0 Å². The number of nitrogens with zero attached hydrogens (tertiary/aromatic N) is 2. The molecule has 0 saturated carbocycles. The van der Waals surface area contributed by atoms with Gasteiger partial charge in [-0.3, -0.25) is 9.79 Å². The summed E-state index contributed by atoms with van der Waals surface area (Å²) in [5.41, 5.74) is 1.27. The first kappa shape index (κ1) is 19.4. The highest BCUT2D eigenvalue weighted by atomic mass is 19.1. The lowest BCUT2D eigenvalue weighted by Gasteiger charge is -2.47. The molecule has 2 heterocycles. The van der Waals surface area contributed by atoms with Crippen LogP contribution in [0.2, 0.25) is 0 Å². The highest BCUT2D eigenvalue weighted by Crippen LogP contribution is 2.37. The normalized spacial score (nSPS) is 22.8. The predicted molar refractivity (Wildman–Crippen MR) is 115 cm³/mol. The minimum absolute atomic E-state index is 0.114. The lowest BCUT2D eigenvalue weighted by atomic mass is 9.84. The van der Waals surface area contributed by atoms with Gasteiger partial charge in [0.2, 0.25) is 0 Å². The van der Waals surface area contributed by atoms with E-state index < -0.39 is 11.4 Å². The highest BCUT2D eigenvalue weighted by Gasteiger charge is 2.45. The highest BCUT2D eigenvalue weighted by molar-refractivity contribution is 6.10. The van der Waals surface area contributed by atoms with Gasteiger partial charge in [0.1, 0.15) is 17.2 Å². The molecule has 0 aromatic heterocycles. The van der Waals surface area contributed by atoms with Crippen molar-refractivity contribution in [3.63, 3.8) is 0 Å². The van der Waals surface area contributed by atoms with Crippen LogP contribution in [-0.4, -0.2) is 40.8 Å². The third-order valence-electron chi connectivity index (χ3n) is 5.34. The van der Waals surface area contributed by atoms with Crippen LogP contribution in [0.25, 0.3) is 0 Å². The Kier molecular flexibility index (Phi) is 4.81. The van der Waals surface area contributed by atoms with Gasteiger partial charge in [-0.05, 0) is 57.9 Å². The van der Waals surface area contributed by atoms with Crippen molar-refractivity contribution in [3.8, 4) is 0 Å². The Morgan fingerprint density at radius 3 is 2.52 bits per heavy atom. The lowest BCUT2D eigenvalue weighted by molar-refractivity contribution is 0.0689. The van der Waals surface area contributed by atoms with Crippen molar-refractivity contribution in [2.45, 2.75) is 44.7 Å². The lowest BCUT2D eigenvalue weighted by Crippen LogP contribution is -2.63. The number of benzene rings is 2. The molecule has 29 heavy (non-hydrogen) atoms. The Hall–Kier alpha value is -2.89. The second kappa shape index (κ2) is 7.17. The molecule has 2 aromatic rings. The molecular formula is C23H27FN4O. The van der Waals surface area contributed by atoms with Gasteiger partial charge < -0.3 is 15.5 Å². The van der Waals surface area contributed by atoms with Gasteiger partial charge in [0.15, 0.2) is 0 Å². The van der Waals surface area contributed by atoms with Crippen LogP contribution in [0.4, 0.5) is 15.8 Å². The first-order chi connectivity index (χ1) is 13.8. The zero-order valence-corrected chi connectivity index (χ0v) is 17.1. The van der Waals surface area contributed by atoms with Crippen LogP contribution in [-0.2, 0) is 0 Å². The van der Waals surface area contributed by atoms with Gasteiger partial charge in [0.25, 0.3) is 5.91 Å². The summed E-state index contributed by atoms with van der Waals surface area (Å²) in [6.07, 6.45) is 1.64. The largest absolute Gasteiger partial charge is 0.370 e. The Morgan fingerprint density at radius 1 is 1.10 bits per heavy atom. The standard InChI is InChI=1S/C23H27FN4O/c1-22(2,3)27-21-23(26-19-12-7-6-11-18(19)25-21)13-8-14-28(15-23)20(29)16-9-4-5-10-17(16)24/h4-7,9-12,26H,8,13-15H2,1-3H3,(H,25,27). The summed E-state index contributed by atoms with van der Waals surface area (Å²) >= 11 is 0. The molecule has 1 saturated heterocycles. The fourth-order valence-corrected chi connectivity index (χ4v) is 4.06. The molecule has 2 aromatic carbocycles. The number of amides is 1. The average molecular weight is 394 g/mol. The van der Waals surface area contributed by atoms with E-state index in [9.17, 15) is 9.18 Å². The molecule has 1 unspecified atom stereocenters. The van der Waals surface area contributed by atoms with Crippen molar-refractivity contribution in [1.29, 1.82) is 0 Å². The van der Waals surface area contributed by atoms with Crippen molar-refractivity contribution >= 4 is 23.1 Å². The van der Waals surface area contributed by atoms with Crippen molar-refractivity contribution < 1.29 is 9.18 Å². The molecule has 152 valence electrons. The van der Waals surface area contributed by atoms with Crippen LogP contribution in [0.3, 0.4) is 0 Å². The third-order valence-corrected chi connectivity index (χ3v) is 5.34. The Morgan fingerprint density at radius 2 is 1.79 bits per heavy atom. The van der Waals surface area contributed by atoms with Gasteiger partial charge in [-0.1, -0.05) is 24.3 Å². The van der Waals surface area contributed by atoms with Crippen LogP contribution in [0.15, 0.2) is 53.5 Å². The summed E-state index contributed by atoms with van der Waals surface area (Å²) in [5, 5.41) is 7.16. The van der Waals surface area contributed by atoms with Crippen LogP contribution in [0.5, 0.6) is 0 Å². The number of piperidine rings is 1. The maximum atomic E-state index is 14.2. The molecular weight excluding hydrogens is 367 g/mol. The zero-order chi connectivity index (χ0) is 20.6. The number of aliphatic imine (C=N–C) groups is 1. The van der Waals surface area contributed by atoms with Crippen LogP contribution < -0.4 is 10.6 Å². The minimum Gasteiger partial charge on any atom is -0.370 e. The number of likely N-dealkylation sites (tertiary alicyclic amines) is 1. The maximum Gasteiger partial charge on any atom is 0.256 e. The van der Waals surface area contributed by atoms with E-state index in [-0.39, 0.29) is 17.0 Å². The number of rotatable bonds is 1. The van der Waals surface area contributed by atoms with E-state index in [4.69, 9.17) is 4.99 Å². The number of halogens is 1. The molecule has 0 radical (unpaired) electrons. The molecule has 6 heteroatoms. The maximum absolute atomic E-state index is 14.2. The van der Waals surface area contributed by atoms with E-state index in [0.717, 1.165) is 30.1 Å². The summed E-state index contributed by atoms with van der Waals surface area (Å²) in [4.78, 5) is 19.8. The molecule has 4 rings (SSSR count). The second-order valence-corrected chi connectivity index (χ2v) is 8.82. The molecule has 2 aliphatic heterocycles. The minimum atomic E-state index is -0.527. The number of hydrogen-bond acceptors (Lipinski definition) is 3. The van der Waals surface area contributed by atoms with E-state index in [0.29, 0.717) is 13.1 Å². The van der Waals surface area contributed by atoms with Crippen molar-refractivity contribution in [1.82, 2.24) is 4.90 Å². The number of fused-ring (bicyclic) bond motifs is 1. The van der Waals surface area contributed by atoms with E-state index in [1.54, 1.807) is 23.1 Å². The SMILES string of the molecule is CC(C)(C)N=C1Nc2ccccc2NC12CCCN(C(=O)c1ccccc1F)C2. The van der Waals surface area contributed by atoms with Crippen LogP contribution in [0.1, 0.15) is 44.0 Å². The van der Waals surface area contributed by atoms with Gasteiger partial charge in [-0.25, -0.2) is 4.39 Å². The summed E-state index contributed by atoms with van der Waals surface area (Å²) in [5.74, 6) is 0.0634. The van der Waals surface area contributed by atoms with Crippen molar-refractivity contribution in [2.24, 2.45) is 4.99 Å². The Balaban J connectivity index is 1.71. The zero-order valence-electron chi connectivity index (χ0n) is 17.1. The molecule has 0 aliphatic carbocycles. The molecule has 1 atom stereocenters. The molecule has 1 fully saturated rings. The Labute approximate surface area is 171 Å². The van der Waals surface area contributed by atoms with Gasteiger partial charge in [0, 0.05) is 6.54 Å². The summed E-state index contributed by atoms with van der Waals surface area (Å²) in [6.45, 7) is 7.19. The van der Waals surface area contributed by atoms with E-state index in [1.807, 2.05) is 24.3 Å². The predicted octanol–water partition coefficient (Wildman–Crippen LogP) is 4.54. The monoisotopic (exact) mass is 394 g/mol. The molecule has 0 bridgehead atoms. The topological polar surface area (TPSA) is 56.7 Å². The Bertz CT molecular complexity index is 965. The molecule has 5 nitrogen and oxygen atoms in total. The summed E-state index contributed by atoms with van der Waals surface area (Å²) in [6, 6.07) is 14.2. The van der Waals surface area contributed by atoms with Gasteiger partial charge >= 0.3 is 0 Å². The number of anilines is 2. The third kappa shape index (κ3) is 3.84. The molecule has 2 N–H and O–H groups in total. The number of carbonyl (C=O) groups excluding carboxylic acids is 1. The molecule has 1 amide bonds. The van der Waals surface area contributed by atoms with Crippen LogP contribution in [0, 0.1) is 5.82 Å². The summed E-state index contributed by atoms with van der Waals surface area (Å²) < 4.78 is 14.2. The molecule has 2 aliphatic rings. The number of hydrogen-bond donors (Lipinski definition) is 2. The molecule has 1 spiro atoms. The van der Waals surface area contributed by atoms with E-state index in [1.165, 1.54) is 6.07 Å². The first-order valence-electron chi connectivity index (χ1n) is 10.1. The van der Waals surface area contributed by atoms with Gasteiger partial charge in [0.05, 0.1) is 29.0 Å². The average Bonchev–Trinajstić information content (AvgIpc) is 2.67. The number of nitrogens with one attached hydrogen (secondary N) is 2. The smallest absolute Gasteiger partial charge is 0.256 e. The number of carbonyl (C=O) groups is 1. The van der Waals surface area contributed by atoms with E-state index >= 15 is 0 Å².